The Balaban J connectivity index is 1.49. The van der Waals surface area contributed by atoms with Crippen LogP contribution < -0.4 is 10.6 Å². The molecule has 1 atom stereocenters. The normalized spacial score (nSPS) is 24.0. The van der Waals surface area contributed by atoms with Crippen LogP contribution >= 0.6 is 0 Å². The molecule has 6 rings (SSSR count). The second-order valence-corrected chi connectivity index (χ2v) is 10.9. The van der Waals surface area contributed by atoms with Crippen LogP contribution in [0.1, 0.15) is 68.3 Å². The summed E-state index contributed by atoms with van der Waals surface area (Å²) in [4.78, 5) is 17.6. The van der Waals surface area contributed by atoms with Crippen molar-refractivity contribution in [3.05, 3.63) is 47.8 Å². The molecule has 3 aliphatic rings. The van der Waals surface area contributed by atoms with E-state index in [0.29, 0.717) is 61.2 Å². The van der Waals surface area contributed by atoms with Gasteiger partial charge in [0.05, 0.1) is 52.1 Å². The van der Waals surface area contributed by atoms with Gasteiger partial charge in [0.1, 0.15) is 17.9 Å². The maximum Gasteiger partial charge on any atom is 0.255 e. The molecular weight excluding hydrogens is 478 g/mol. The first-order valence-corrected chi connectivity index (χ1v) is 12.5. The highest BCUT2D eigenvalue weighted by atomic mass is 19.1. The van der Waals surface area contributed by atoms with Gasteiger partial charge in [-0.1, -0.05) is 0 Å². The number of fused-ring (bicyclic) bond motifs is 4. The molecule has 1 unspecified atom stereocenters. The minimum atomic E-state index is -1.65. The third kappa shape index (κ3) is 4.88. The minimum absolute atomic E-state index is 0.240. The number of pyridine rings is 1. The van der Waals surface area contributed by atoms with Crippen LogP contribution in [0.15, 0.2) is 36.7 Å². The van der Waals surface area contributed by atoms with Crippen LogP contribution in [0.25, 0.3) is 16.9 Å². The van der Waals surface area contributed by atoms with E-state index in [1.807, 2.05) is 12.1 Å². The molecule has 37 heavy (non-hydrogen) atoms. The summed E-state index contributed by atoms with van der Waals surface area (Å²) in [6, 6.07) is 9.23. The number of alkyl halides is 2. The van der Waals surface area contributed by atoms with Gasteiger partial charge in [0.2, 0.25) is 0 Å². The number of anilines is 1. The van der Waals surface area contributed by atoms with Gasteiger partial charge in [0, 0.05) is 11.7 Å². The molecule has 2 bridgehead atoms. The third-order valence-electron chi connectivity index (χ3n) is 7.80. The summed E-state index contributed by atoms with van der Waals surface area (Å²) in [7, 11) is 0. The zero-order valence-corrected chi connectivity index (χ0v) is 20.9. The molecule has 3 aromatic heterocycles. The maximum atomic E-state index is 14.8. The van der Waals surface area contributed by atoms with Crippen LogP contribution in [-0.4, -0.2) is 55.1 Å². The van der Waals surface area contributed by atoms with Crippen LogP contribution in [0.2, 0.25) is 0 Å². The summed E-state index contributed by atoms with van der Waals surface area (Å²) in [5.74, 6) is -0.520. The van der Waals surface area contributed by atoms with Gasteiger partial charge in [0.25, 0.3) is 5.91 Å². The van der Waals surface area contributed by atoms with Gasteiger partial charge >= 0.3 is 0 Å². The SMILES string of the molecule is CC(C)(O)C(F)CNC(=O)c1cnc(-c2ccc3cc(C#N)cnn23)cc1NC12CCC(F)(CC1)CC2. The van der Waals surface area contributed by atoms with E-state index in [1.165, 1.54) is 26.2 Å². The van der Waals surface area contributed by atoms with Crippen molar-refractivity contribution in [1.82, 2.24) is 19.9 Å². The standard InChI is InChI=1S/C27H30F2N6O2/c1-25(2,37)23(28)16-32-24(36)19-15-31-21(22-4-3-18-11-17(13-30)14-33-35(18)22)12-20(19)34-27-8-5-26(29,6-9-27)7-10-27/h3-4,11-12,14-15,23,37H,5-10,16H2,1-2H3,(H,31,34)(H,32,36). The van der Waals surface area contributed by atoms with Crippen LogP contribution in [0.5, 0.6) is 0 Å². The Labute approximate surface area is 213 Å². The number of halogens is 2. The van der Waals surface area contributed by atoms with Gasteiger partial charge in [-0.15, -0.1) is 0 Å². The van der Waals surface area contributed by atoms with Crippen molar-refractivity contribution < 1.29 is 18.7 Å². The van der Waals surface area contributed by atoms with E-state index in [4.69, 9.17) is 5.26 Å². The second-order valence-electron chi connectivity index (χ2n) is 10.9. The van der Waals surface area contributed by atoms with Crippen molar-refractivity contribution in [3.63, 3.8) is 0 Å². The number of rotatable bonds is 7. The van der Waals surface area contributed by atoms with E-state index in [0.717, 1.165) is 5.52 Å². The molecule has 3 saturated carbocycles. The van der Waals surface area contributed by atoms with E-state index in [9.17, 15) is 18.7 Å². The fourth-order valence-corrected chi connectivity index (χ4v) is 5.27. The highest BCUT2D eigenvalue weighted by Gasteiger charge is 2.49. The third-order valence-corrected chi connectivity index (χ3v) is 7.80. The number of amides is 1. The first-order valence-electron chi connectivity index (χ1n) is 12.5. The number of carbonyl (C=O) groups is 1. The van der Waals surface area contributed by atoms with E-state index in [2.05, 4.69) is 26.8 Å². The van der Waals surface area contributed by atoms with Crippen molar-refractivity contribution in [2.24, 2.45) is 0 Å². The average Bonchev–Trinajstić information content (AvgIpc) is 3.30. The van der Waals surface area contributed by atoms with E-state index in [1.54, 1.807) is 16.6 Å². The Morgan fingerprint density at radius 2 is 1.92 bits per heavy atom. The smallest absolute Gasteiger partial charge is 0.255 e. The topological polar surface area (TPSA) is 115 Å². The predicted octanol–water partition coefficient (Wildman–Crippen LogP) is 4.33. The minimum Gasteiger partial charge on any atom is -0.387 e. The highest BCUT2D eigenvalue weighted by molar-refractivity contribution is 6.00. The van der Waals surface area contributed by atoms with Crippen LogP contribution in [-0.2, 0) is 0 Å². The van der Waals surface area contributed by atoms with Crippen molar-refractivity contribution in [2.45, 2.75) is 75.4 Å². The van der Waals surface area contributed by atoms with Crippen molar-refractivity contribution in [1.29, 1.82) is 5.26 Å². The fraction of sp³-hybridized carbons (Fsp3) is 0.481. The van der Waals surface area contributed by atoms with Crippen LogP contribution in [0.3, 0.4) is 0 Å². The molecule has 10 heteroatoms. The summed E-state index contributed by atoms with van der Waals surface area (Å²) < 4.78 is 30.8. The van der Waals surface area contributed by atoms with E-state index >= 15 is 0 Å². The van der Waals surface area contributed by atoms with E-state index < -0.39 is 23.3 Å². The zero-order chi connectivity index (χ0) is 26.4. The summed E-state index contributed by atoms with van der Waals surface area (Å²) in [6.07, 6.45) is 4.65. The molecule has 0 spiro atoms. The summed E-state index contributed by atoms with van der Waals surface area (Å²) in [5, 5.41) is 29.5. The number of carbonyl (C=O) groups excluding carboxylic acids is 1. The monoisotopic (exact) mass is 508 g/mol. The quantitative estimate of drug-likeness (QED) is 0.438. The van der Waals surface area contributed by atoms with Gasteiger partial charge in [0.15, 0.2) is 0 Å². The molecule has 3 heterocycles. The first-order chi connectivity index (χ1) is 17.5. The first kappa shape index (κ1) is 25.1. The average molecular weight is 509 g/mol. The lowest BCUT2D eigenvalue weighted by molar-refractivity contribution is -0.00179. The molecule has 3 fully saturated rings. The lowest BCUT2D eigenvalue weighted by Crippen LogP contribution is -2.52. The molecule has 0 saturated heterocycles. The largest absolute Gasteiger partial charge is 0.387 e. The van der Waals surface area contributed by atoms with Gasteiger partial charge in [-0.05, 0) is 76.6 Å². The second kappa shape index (κ2) is 9.06. The van der Waals surface area contributed by atoms with Gasteiger partial charge in [-0.3, -0.25) is 9.78 Å². The molecule has 0 aromatic carbocycles. The van der Waals surface area contributed by atoms with Gasteiger partial charge < -0.3 is 15.7 Å². The Kier molecular flexibility index (Phi) is 6.15. The Morgan fingerprint density at radius 1 is 1.22 bits per heavy atom. The molecular formula is C27H30F2N6O2. The highest BCUT2D eigenvalue weighted by Crippen LogP contribution is 2.50. The number of aromatic nitrogens is 3. The molecule has 0 radical (unpaired) electrons. The van der Waals surface area contributed by atoms with Gasteiger partial charge in [-0.2, -0.15) is 10.4 Å². The Hall–Kier alpha value is -3.58. The molecule has 194 valence electrons. The summed E-state index contributed by atoms with van der Waals surface area (Å²) in [5.41, 5.74) is 0.138. The lowest BCUT2D eigenvalue weighted by atomic mass is 9.64. The number of nitriles is 1. The number of nitrogens with zero attached hydrogens (tertiary/aromatic N) is 4. The molecule has 8 nitrogen and oxygen atoms in total. The molecule has 3 aromatic rings. The number of hydrogen-bond donors (Lipinski definition) is 3. The zero-order valence-electron chi connectivity index (χ0n) is 20.9. The maximum absolute atomic E-state index is 14.8. The van der Waals surface area contributed by atoms with Crippen LogP contribution in [0.4, 0.5) is 14.5 Å². The number of hydrogen-bond acceptors (Lipinski definition) is 6. The Bertz CT molecular complexity index is 1370. The molecule has 3 N–H and O–H groups in total. The number of nitrogens with one attached hydrogen (secondary N) is 2. The Morgan fingerprint density at radius 3 is 2.57 bits per heavy atom. The molecule has 3 aliphatic carbocycles. The number of aliphatic hydroxyl groups is 1. The van der Waals surface area contributed by atoms with Crippen molar-refractivity contribution in [2.75, 3.05) is 11.9 Å². The van der Waals surface area contributed by atoms with Gasteiger partial charge in [-0.25, -0.2) is 13.3 Å². The summed E-state index contributed by atoms with van der Waals surface area (Å²) >= 11 is 0. The summed E-state index contributed by atoms with van der Waals surface area (Å²) in [6.45, 7) is 2.34. The molecule has 0 aliphatic heterocycles. The van der Waals surface area contributed by atoms with Crippen LogP contribution in [0, 0.1) is 11.3 Å². The predicted molar refractivity (Wildman–Crippen MR) is 135 cm³/mol. The van der Waals surface area contributed by atoms with Crippen molar-refractivity contribution >= 4 is 17.1 Å². The van der Waals surface area contributed by atoms with E-state index in [-0.39, 0.29) is 17.6 Å². The van der Waals surface area contributed by atoms with Crippen molar-refractivity contribution in [3.8, 4) is 17.5 Å². The molecule has 1 amide bonds. The lowest BCUT2D eigenvalue weighted by Gasteiger charge is -2.50. The fourth-order valence-electron chi connectivity index (χ4n) is 5.27.